The maximum Gasteiger partial charge on any atom is 0.124 e. The summed E-state index contributed by atoms with van der Waals surface area (Å²) in [5.74, 6) is 0.188. The zero-order valence-electron chi connectivity index (χ0n) is 26.8. The SMILES string of the molecule is C=C(Nc1cncc(-c2cc(F)cc(CNC)c2)c1C)C(=C)C(=C/C(=C)c1cncc(NC(=C)C2CCCCC2)c1)/C(N)=C\C. The van der Waals surface area contributed by atoms with Crippen LogP contribution >= 0.6 is 0 Å². The molecular formula is C38H45FN6. The van der Waals surface area contributed by atoms with E-state index in [0.29, 0.717) is 35.0 Å². The smallest absolute Gasteiger partial charge is 0.124 e. The minimum atomic E-state index is -0.296. The summed E-state index contributed by atoms with van der Waals surface area (Å²) in [7, 11) is 1.83. The third kappa shape index (κ3) is 8.46. The molecule has 0 atom stereocenters. The van der Waals surface area contributed by atoms with Gasteiger partial charge in [-0.05, 0) is 97.8 Å². The summed E-state index contributed by atoms with van der Waals surface area (Å²) in [6, 6.07) is 7.03. The molecule has 0 radical (unpaired) electrons. The fourth-order valence-electron chi connectivity index (χ4n) is 5.63. The fraction of sp³-hybridized carbons (Fsp3) is 0.263. The Hall–Kier alpha value is -4.75. The highest BCUT2D eigenvalue weighted by Gasteiger charge is 2.17. The van der Waals surface area contributed by atoms with Gasteiger partial charge in [0.2, 0.25) is 0 Å². The molecule has 0 amide bonds. The van der Waals surface area contributed by atoms with Gasteiger partial charge < -0.3 is 21.7 Å². The summed E-state index contributed by atoms with van der Waals surface area (Å²) in [5.41, 5.74) is 16.4. The third-order valence-electron chi connectivity index (χ3n) is 8.29. The Morgan fingerprint density at radius 1 is 0.978 bits per heavy atom. The molecule has 1 aliphatic rings. The van der Waals surface area contributed by atoms with Crippen molar-refractivity contribution in [1.82, 2.24) is 15.3 Å². The van der Waals surface area contributed by atoms with E-state index in [1.54, 1.807) is 24.8 Å². The van der Waals surface area contributed by atoms with E-state index in [4.69, 9.17) is 5.73 Å². The molecule has 45 heavy (non-hydrogen) atoms. The summed E-state index contributed by atoms with van der Waals surface area (Å²) in [4.78, 5) is 8.88. The van der Waals surface area contributed by atoms with Crippen LogP contribution in [0.4, 0.5) is 15.8 Å². The molecule has 2 heterocycles. The number of benzene rings is 1. The molecule has 4 rings (SSSR count). The van der Waals surface area contributed by atoms with E-state index in [0.717, 1.165) is 50.5 Å². The molecular weight excluding hydrogens is 559 g/mol. The number of halogens is 1. The molecule has 1 saturated carbocycles. The Labute approximate surface area is 267 Å². The second-order valence-electron chi connectivity index (χ2n) is 11.6. The number of nitrogens with one attached hydrogen (secondary N) is 3. The Morgan fingerprint density at radius 3 is 2.42 bits per heavy atom. The van der Waals surface area contributed by atoms with Crippen LogP contribution in [0.25, 0.3) is 16.7 Å². The van der Waals surface area contributed by atoms with Gasteiger partial charge in [-0.3, -0.25) is 9.97 Å². The quantitative estimate of drug-likeness (QED) is 0.146. The number of nitrogens with two attached hydrogens (primary N) is 1. The second kappa shape index (κ2) is 15.3. The highest BCUT2D eigenvalue weighted by Crippen LogP contribution is 2.33. The van der Waals surface area contributed by atoms with Crippen molar-refractivity contribution in [3.63, 3.8) is 0 Å². The Morgan fingerprint density at radius 2 is 1.71 bits per heavy atom. The van der Waals surface area contributed by atoms with Crippen LogP contribution in [0.15, 0.2) is 116 Å². The van der Waals surface area contributed by atoms with Gasteiger partial charge in [0.05, 0.1) is 23.8 Å². The maximum absolute atomic E-state index is 14.4. The van der Waals surface area contributed by atoms with Crippen LogP contribution in [0.3, 0.4) is 0 Å². The average molecular weight is 605 g/mol. The predicted octanol–water partition coefficient (Wildman–Crippen LogP) is 8.80. The molecule has 3 aromatic rings. The van der Waals surface area contributed by atoms with E-state index in [1.165, 1.54) is 44.2 Å². The Balaban J connectivity index is 1.54. The van der Waals surface area contributed by atoms with Gasteiger partial charge in [-0.15, -0.1) is 0 Å². The Bertz CT molecular complexity index is 1660. The van der Waals surface area contributed by atoms with Crippen LogP contribution in [0, 0.1) is 18.7 Å². The summed E-state index contributed by atoms with van der Waals surface area (Å²) in [6.07, 6.45) is 16.9. The van der Waals surface area contributed by atoms with Crippen LogP contribution in [-0.4, -0.2) is 17.0 Å². The van der Waals surface area contributed by atoms with Crippen LogP contribution in [0.1, 0.15) is 55.7 Å². The van der Waals surface area contributed by atoms with E-state index >= 15 is 0 Å². The number of pyridine rings is 2. The van der Waals surface area contributed by atoms with E-state index in [-0.39, 0.29) is 5.82 Å². The standard InChI is InChI=1S/C38H45FN6/c1-8-37(40)35(14-24(2)32-18-34(21-42-20-32)44-28(6)30-12-10-9-11-13-30)25(3)27(5)45-38-23-43-22-36(26(38)4)31-15-29(19-41-7)16-33(39)17-31/h8,14-18,20-23,30,41,44-45H,2-3,5-6,9-13,19,40H2,1,4,7H3/b35-14-,37-8+. The zero-order chi connectivity index (χ0) is 32.5. The number of hydrogen-bond donors (Lipinski definition) is 4. The molecule has 234 valence electrons. The molecule has 1 fully saturated rings. The van der Waals surface area contributed by atoms with Gasteiger partial charge in [-0.25, -0.2) is 4.39 Å². The number of aromatic nitrogens is 2. The van der Waals surface area contributed by atoms with Gasteiger partial charge in [0.15, 0.2) is 0 Å². The van der Waals surface area contributed by atoms with Gasteiger partial charge in [0.1, 0.15) is 5.82 Å². The number of hydrogen-bond acceptors (Lipinski definition) is 6. The van der Waals surface area contributed by atoms with Gasteiger partial charge in [-0.2, -0.15) is 0 Å². The van der Waals surface area contributed by atoms with Gasteiger partial charge >= 0.3 is 0 Å². The van der Waals surface area contributed by atoms with E-state index in [2.05, 4.69) is 52.2 Å². The van der Waals surface area contributed by atoms with Crippen LogP contribution in [0.2, 0.25) is 0 Å². The number of rotatable bonds is 13. The minimum Gasteiger partial charge on any atom is -0.398 e. The van der Waals surface area contributed by atoms with E-state index in [9.17, 15) is 4.39 Å². The first-order chi connectivity index (χ1) is 21.6. The molecule has 0 spiro atoms. The molecule has 0 unspecified atom stereocenters. The molecule has 1 aromatic carbocycles. The summed E-state index contributed by atoms with van der Waals surface area (Å²) in [6.45, 7) is 21.6. The average Bonchev–Trinajstić information content (AvgIpc) is 3.04. The molecule has 7 heteroatoms. The fourth-order valence-corrected chi connectivity index (χ4v) is 5.63. The van der Waals surface area contributed by atoms with Crippen molar-refractivity contribution in [3.8, 4) is 11.1 Å². The van der Waals surface area contributed by atoms with Crippen molar-refractivity contribution in [2.75, 3.05) is 17.7 Å². The number of anilines is 2. The first-order valence-corrected chi connectivity index (χ1v) is 15.4. The van der Waals surface area contributed by atoms with Gasteiger partial charge in [0, 0.05) is 52.7 Å². The Kier molecular flexibility index (Phi) is 11.3. The van der Waals surface area contributed by atoms with Crippen molar-refractivity contribution in [3.05, 3.63) is 138 Å². The number of nitrogens with zero attached hydrogens (tertiary/aromatic N) is 2. The third-order valence-corrected chi connectivity index (χ3v) is 8.29. The molecule has 0 saturated heterocycles. The molecule has 1 aliphatic carbocycles. The van der Waals surface area contributed by atoms with Gasteiger partial charge in [0.25, 0.3) is 0 Å². The summed E-state index contributed by atoms with van der Waals surface area (Å²) < 4.78 is 14.4. The number of allylic oxidation sites excluding steroid dienone is 6. The molecule has 0 bridgehead atoms. The van der Waals surface area contributed by atoms with Crippen molar-refractivity contribution in [2.24, 2.45) is 11.7 Å². The lowest BCUT2D eigenvalue weighted by Crippen LogP contribution is -2.14. The molecule has 2 aromatic heterocycles. The lowest BCUT2D eigenvalue weighted by molar-refractivity contribution is 0.405. The van der Waals surface area contributed by atoms with Crippen LogP contribution < -0.4 is 21.7 Å². The first-order valence-electron chi connectivity index (χ1n) is 15.4. The molecule has 6 nitrogen and oxygen atoms in total. The van der Waals surface area contributed by atoms with E-state index in [1.807, 2.05) is 45.2 Å². The van der Waals surface area contributed by atoms with Crippen molar-refractivity contribution < 1.29 is 4.39 Å². The van der Waals surface area contributed by atoms with Crippen LogP contribution in [0.5, 0.6) is 0 Å². The van der Waals surface area contributed by atoms with Crippen molar-refractivity contribution >= 4 is 16.9 Å². The second-order valence-corrected chi connectivity index (χ2v) is 11.6. The zero-order valence-corrected chi connectivity index (χ0v) is 26.8. The van der Waals surface area contributed by atoms with Gasteiger partial charge in [-0.1, -0.05) is 51.7 Å². The molecule has 0 aliphatic heterocycles. The first kappa shape index (κ1) is 33.1. The highest BCUT2D eigenvalue weighted by molar-refractivity contribution is 5.79. The van der Waals surface area contributed by atoms with Crippen molar-refractivity contribution in [1.29, 1.82) is 0 Å². The monoisotopic (exact) mass is 604 g/mol. The maximum atomic E-state index is 14.4. The predicted molar refractivity (Wildman–Crippen MR) is 188 cm³/mol. The lowest BCUT2D eigenvalue weighted by atomic mass is 9.87. The lowest BCUT2D eigenvalue weighted by Gasteiger charge is -2.24. The minimum absolute atomic E-state index is 0.296. The van der Waals surface area contributed by atoms with E-state index < -0.39 is 0 Å². The topological polar surface area (TPSA) is 87.9 Å². The normalized spacial score (nSPS) is 14.1. The molecule has 5 N–H and O–H groups in total. The summed E-state index contributed by atoms with van der Waals surface area (Å²) in [5, 5.41) is 9.90. The van der Waals surface area contributed by atoms with Crippen molar-refractivity contribution in [2.45, 2.75) is 52.5 Å². The summed E-state index contributed by atoms with van der Waals surface area (Å²) >= 11 is 0. The largest absolute Gasteiger partial charge is 0.398 e. The van der Waals surface area contributed by atoms with Crippen LogP contribution in [-0.2, 0) is 6.54 Å². The highest BCUT2D eigenvalue weighted by atomic mass is 19.1.